The second kappa shape index (κ2) is 6.40. The first kappa shape index (κ1) is 14.4. The Morgan fingerprint density at radius 1 is 1.05 bits per heavy atom. The van der Waals surface area contributed by atoms with Crippen LogP contribution in [0.4, 0.5) is 0 Å². The second-order valence-corrected chi connectivity index (χ2v) is 4.96. The van der Waals surface area contributed by atoms with Gasteiger partial charge in [-0.05, 0) is 17.2 Å². The van der Waals surface area contributed by atoms with E-state index in [0.29, 0.717) is 22.2 Å². The maximum Gasteiger partial charge on any atom is 0.106 e. The lowest BCUT2D eigenvalue weighted by Gasteiger charge is -2.17. The molecule has 0 aliphatic rings. The Bertz CT molecular complexity index is 570. The zero-order chi connectivity index (χ0) is 13.8. The molecule has 4 heteroatoms. The zero-order valence-electron chi connectivity index (χ0n) is 10.4. The molecule has 0 amide bonds. The van der Waals surface area contributed by atoms with Crippen LogP contribution in [0.1, 0.15) is 22.8 Å². The Hall–Kier alpha value is -1.06. The van der Waals surface area contributed by atoms with Gasteiger partial charge in [-0.25, -0.2) is 0 Å². The molecule has 2 nitrogen and oxygen atoms in total. The van der Waals surface area contributed by atoms with Crippen LogP contribution in [-0.4, -0.2) is 12.2 Å². The Morgan fingerprint density at radius 2 is 1.74 bits per heavy atom. The van der Waals surface area contributed by atoms with Gasteiger partial charge in [0.1, 0.15) is 6.10 Å². The highest BCUT2D eigenvalue weighted by atomic mass is 35.5. The minimum atomic E-state index is -0.822. The first-order valence-electron chi connectivity index (χ1n) is 5.84. The van der Waals surface area contributed by atoms with E-state index < -0.39 is 6.10 Å². The van der Waals surface area contributed by atoms with E-state index in [9.17, 15) is 5.11 Å². The van der Waals surface area contributed by atoms with Crippen LogP contribution in [0.2, 0.25) is 10.0 Å². The van der Waals surface area contributed by atoms with Crippen molar-refractivity contribution in [1.82, 2.24) is 0 Å². The third-order valence-corrected chi connectivity index (χ3v) is 3.76. The zero-order valence-corrected chi connectivity index (χ0v) is 11.9. The summed E-state index contributed by atoms with van der Waals surface area (Å²) in [5, 5.41) is 11.3. The smallest absolute Gasteiger partial charge is 0.106 e. The Kier molecular flexibility index (Phi) is 4.83. The van der Waals surface area contributed by atoms with Crippen molar-refractivity contribution in [3.8, 4) is 0 Å². The molecule has 0 aromatic heterocycles. The van der Waals surface area contributed by atoms with E-state index >= 15 is 0 Å². The Labute approximate surface area is 122 Å². The number of ether oxygens (including phenoxy) is 1. The first-order valence-corrected chi connectivity index (χ1v) is 6.59. The molecule has 2 aromatic carbocycles. The van der Waals surface area contributed by atoms with Crippen molar-refractivity contribution < 1.29 is 9.84 Å². The summed E-state index contributed by atoms with van der Waals surface area (Å²) in [6, 6.07) is 12.8. The van der Waals surface area contributed by atoms with Crippen LogP contribution < -0.4 is 0 Å². The maximum atomic E-state index is 10.5. The lowest BCUT2D eigenvalue weighted by Crippen LogP contribution is -2.05. The average molecular weight is 297 g/mol. The monoisotopic (exact) mass is 296 g/mol. The molecule has 0 heterocycles. The highest BCUT2D eigenvalue weighted by Gasteiger charge is 2.18. The number of benzene rings is 2. The highest BCUT2D eigenvalue weighted by Crippen LogP contribution is 2.34. The van der Waals surface area contributed by atoms with Crippen LogP contribution in [0.15, 0.2) is 42.5 Å². The summed E-state index contributed by atoms with van der Waals surface area (Å²) < 4.78 is 5.14. The van der Waals surface area contributed by atoms with Gasteiger partial charge in [-0.2, -0.15) is 0 Å². The molecule has 2 aromatic rings. The van der Waals surface area contributed by atoms with Crippen LogP contribution >= 0.6 is 23.2 Å². The molecule has 0 aliphatic carbocycles. The quantitative estimate of drug-likeness (QED) is 0.915. The molecule has 19 heavy (non-hydrogen) atoms. The molecule has 0 aliphatic heterocycles. The van der Waals surface area contributed by atoms with Gasteiger partial charge in [0, 0.05) is 12.7 Å². The standard InChI is InChI=1S/C15H14Cl2O2/c1-19-9-10-5-2-3-6-11(10)15(18)12-7-4-8-13(16)14(12)17/h2-8,15,18H,9H2,1H3. The van der Waals surface area contributed by atoms with E-state index in [1.165, 1.54) is 0 Å². The number of aliphatic hydroxyl groups excluding tert-OH is 1. The highest BCUT2D eigenvalue weighted by molar-refractivity contribution is 6.42. The number of halogens is 2. The number of aliphatic hydroxyl groups is 1. The van der Waals surface area contributed by atoms with E-state index in [1.54, 1.807) is 25.3 Å². The Morgan fingerprint density at radius 3 is 2.47 bits per heavy atom. The van der Waals surface area contributed by atoms with Crippen molar-refractivity contribution >= 4 is 23.2 Å². The molecule has 1 N–H and O–H groups in total. The summed E-state index contributed by atoms with van der Waals surface area (Å²) in [7, 11) is 1.62. The van der Waals surface area contributed by atoms with Crippen molar-refractivity contribution in [1.29, 1.82) is 0 Å². The molecular formula is C15H14Cl2O2. The third kappa shape index (κ3) is 3.10. The fourth-order valence-corrected chi connectivity index (χ4v) is 2.40. The summed E-state index contributed by atoms with van der Waals surface area (Å²) in [5.41, 5.74) is 2.29. The average Bonchev–Trinajstić information content (AvgIpc) is 2.42. The largest absolute Gasteiger partial charge is 0.384 e. The van der Waals surface area contributed by atoms with Gasteiger partial charge in [0.05, 0.1) is 16.7 Å². The fourth-order valence-electron chi connectivity index (χ4n) is 1.99. The van der Waals surface area contributed by atoms with Gasteiger partial charge in [-0.3, -0.25) is 0 Å². The van der Waals surface area contributed by atoms with Gasteiger partial charge in [-0.15, -0.1) is 0 Å². The van der Waals surface area contributed by atoms with Crippen molar-refractivity contribution in [2.24, 2.45) is 0 Å². The predicted octanol–water partition coefficient (Wildman–Crippen LogP) is 4.22. The summed E-state index contributed by atoms with van der Waals surface area (Å²) in [5.74, 6) is 0. The summed E-state index contributed by atoms with van der Waals surface area (Å²) in [6.45, 7) is 0.436. The molecule has 0 saturated carbocycles. The van der Waals surface area contributed by atoms with E-state index in [-0.39, 0.29) is 0 Å². The lowest BCUT2D eigenvalue weighted by atomic mass is 9.97. The fraction of sp³-hybridized carbons (Fsp3) is 0.200. The van der Waals surface area contributed by atoms with Crippen molar-refractivity contribution in [2.75, 3.05) is 7.11 Å². The molecule has 0 saturated heterocycles. The van der Waals surface area contributed by atoms with Crippen LogP contribution in [0.5, 0.6) is 0 Å². The van der Waals surface area contributed by atoms with Crippen molar-refractivity contribution in [2.45, 2.75) is 12.7 Å². The SMILES string of the molecule is COCc1ccccc1C(O)c1cccc(Cl)c1Cl. The first-order chi connectivity index (χ1) is 9.15. The number of hydrogen-bond acceptors (Lipinski definition) is 2. The molecule has 1 unspecified atom stereocenters. The number of methoxy groups -OCH3 is 1. The van der Waals surface area contributed by atoms with Gasteiger partial charge in [0.25, 0.3) is 0 Å². The normalized spacial score (nSPS) is 12.4. The number of hydrogen-bond donors (Lipinski definition) is 1. The molecular weight excluding hydrogens is 283 g/mol. The maximum absolute atomic E-state index is 10.5. The van der Waals surface area contributed by atoms with Crippen LogP contribution in [0, 0.1) is 0 Å². The van der Waals surface area contributed by atoms with E-state index in [0.717, 1.165) is 11.1 Å². The van der Waals surface area contributed by atoms with Gasteiger partial charge in [0.15, 0.2) is 0 Å². The lowest BCUT2D eigenvalue weighted by molar-refractivity contribution is 0.176. The third-order valence-electron chi connectivity index (χ3n) is 2.93. The van der Waals surface area contributed by atoms with E-state index in [1.807, 2.05) is 24.3 Å². The molecule has 2 rings (SSSR count). The van der Waals surface area contributed by atoms with Crippen LogP contribution in [0.25, 0.3) is 0 Å². The molecule has 0 fully saturated rings. The Balaban J connectivity index is 2.44. The summed E-state index contributed by atoms with van der Waals surface area (Å²) in [4.78, 5) is 0. The van der Waals surface area contributed by atoms with Gasteiger partial charge >= 0.3 is 0 Å². The van der Waals surface area contributed by atoms with Crippen molar-refractivity contribution in [3.63, 3.8) is 0 Å². The molecule has 0 bridgehead atoms. The minimum Gasteiger partial charge on any atom is -0.384 e. The van der Waals surface area contributed by atoms with E-state index in [2.05, 4.69) is 0 Å². The van der Waals surface area contributed by atoms with Gasteiger partial charge in [-0.1, -0.05) is 59.6 Å². The molecule has 0 radical (unpaired) electrons. The van der Waals surface area contributed by atoms with Gasteiger partial charge in [0.2, 0.25) is 0 Å². The predicted molar refractivity (Wildman–Crippen MR) is 77.7 cm³/mol. The second-order valence-electron chi connectivity index (χ2n) is 4.18. The van der Waals surface area contributed by atoms with Gasteiger partial charge < -0.3 is 9.84 Å². The molecule has 1 atom stereocenters. The number of rotatable bonds is 4. The van der Waals surface area contributed by atoms with E-state index in [4.69, 9.17) is 27.9 Å². The summed E-state index contributed by atoms with van der Waals surface area (Å²) in [6.07, 6.45) is -0.822. The van der Waals surface area contributed by atoms with Crippen LogP contribution in [0.3, 0.4) is 0 Å². The van der Waals surface area contributed by atoms with Crippen molar-refractivity contribution in [3.05, 3.63) is 69.2 Å². The topological polar surface area (TPSA) is 29.5 Å². The molecule has 0 spiro atoms. The minimum absolute atomic E-state index is 0.379. The molecule has 100 valence electrons. The van der Waals surface area contributed by atoms with Crippen LogP contribution in [-0.2, 0) is 11.3 Å². The summed E-state index contributed by atoms with van der Waals surface area (Å²) >= 11 is 12.1.